The molecular weight excluding hydrogens is 346 g/mol. The Labute approximate surface area is 146 Å². The van der Waals surface area contributed by atoms with Crippen LogP contribution in [0.15, 0.2) is 46.0 Å². The fraction of sp³-hybridized carbons (Fsp3) is 0.133. The highest BCUT2D eigenvalue weighted by molar-refractivity contribution is 7.98. The molecule has 0 radical (unpaired) electrons. The van der Waals surface area contributed by atoms with Crippen LogP contribution in [-0.2, 0) is 0 Å². The fourth-order valence-electron chi connectivity index (χ4n) is 2.21. The van der Waals surface area contributed by atoms with Gasteiger partial charge < -0.3 is 4.42 Å². The number of aromatic nitrogens is 3. The predicted octanol–water partition coefficient (Wildman–Crippen LogP) is 2.86. The zero-order chi connectivity index (χ0) is 18.0. The lowest BCUT2D eigenvalue weighted by atomic mass is 10.1. The van der Waals surface area contributed by atoms with Gasteiger partial charge in [-0.3, -0.25) is 20.3 Å². The Kier molecular flexibility index (Phi) is 4.52. The third-order valence-electron chi connectivity index (χ3n) is 3.39. The number of carbonyl (C=O) groups excluding carboxylic acids is 1. The second-order valence-electron chi connectivity index (χ2n) is 4.95. The van der Waals surface area contributed by atoms with E-state index in [4.69, 9.17) is 4.42 Å². The van der Waals surface area contributed by atoms with Gasteiger partial charge in [-0.1, -0.05) is 23.9 Å². The number of rotatable bonds is 5. The first kappa shape index (κ1) is 16.7. The number of hydrogen-bond acceptors (Lipinski definition) is 7. The van der Waals surface area contributed by atoms with Crippen molar-refractivity contribution in [1.82, 2.24) is 14.9 Å². The molecule has 0 fully saturated rings. The van der Waals surface area contributed by atoms with Gasteiger partial charge in [0.15, 0.2) is 5.76 Å². The third kappa shape index (κ3) is 3.24. The number of carbonyl (C=O) groups is 1. The summed E-state index contributed by atoms with van der Waals surface area (Å²) in [5.41, 5.74) is 2.84. The molecule has 128 valence electrons. The quantitative estimate of drug-likeness (QED) is 0.423. The van der Waals surface area contributed by atoms with Crippen molar-refractivity contribution < 1.29 is 14.1 Å². The standard InChI is InChI=1S/C15H13N5O4S/c1-9-16-17-15(25-2)19(9)18-14(21)13-8-7-12(24-13)10-5-3-4-6-11(10)20(22)23/h3-8H,1-2H3,(H,18,21). The van der Waals surface area contributed by atoms with E-state index in [1.54, 1.807) is 25.1 Å². The van der Waals surface area contributed by atoms with Crippen LogP contribution >= 0.6 is 11.8 Å². The van der Waals surface area contributed by atoms with Crippen molar-refractivity contribution in [2.45, 2.75) is 12.1 Å². The number of para-hydroxylation sites is 1. The number of hydrogen-bond donors (Lipinski definition) is 1. The van der Waals surface area contributed by atoms with E-state index in [0.717, 1.165) is 0 Å². The van der Waals surface area contributed by atoms with Gasteiger partial charge in [0.25, 0.3) is 5.69 Å². The molecule has 0 saturated heterocycles. The monoisotopic (exact) mass is 359 g/mol. The van der Waals surface area contributed by atoms with Gasteiger partial charge in [0.1, 0.15) is 11.6 Å². The minimum atomic E-state index is -0.511. The van der Waals surface area contributed by atoms with E-state index in [1.807, 2.05) is 6.26 Å². The summed E-state index contributed by atoms with van der Waals surface area (Å²) in [6.45, 7) is 1.70. The predicted molar refractivity (Wildman–Crippen MR) is 91.0 cm³/mol. The van der Waals surface area contributed by atoms with Crippen molar-refractivity contribution in [1.29, 1.82) is 0 Å². The van der Waals surface area contributed by atoms with Gasteiger partial charge in [0, 0.05) is 6.07 Å². The summed E-state index contributed by atoms with van der Waals surface area (Å²) in [5, 5.41) is 19.5. The number of nitro groups is 1. The van der Waals surface area contributed by atoms with Gasteiger partial charge in [-0.25, -0.2) is 4.68 Å². The first-order valence-corrected chi connectivity index (χ1v) is 8.34. The van der Waals surface area contributed by atoms with Crippen LogP contribution < -0.4 is 5.43 Å². The summed E-state index contributed by atoms with van der Waals surface area (Å²) in [5.74, 6) is 0.266. The van der Waals surface area contributed by atoms with E-state index in [0.29, 0.717) is 16.5 Å². The maximum absolute atomic E-state index is 12.4. The molecule has 0 saturated carbocycles. The SMILES string of the molecule is CSc1nnc(C)n1NC(=O)c1ccc(-c2ccccc2[N+](=O)[O-])o1. The van der Waals surface area contributed by atoms with Gasteiger partial charge in [0.05, 0.1) is 10.5 Å². The minimum Gasteiger partial charge on any atom is -0.451 e. The molecule has 2 heterocycles. The van der Waals surface area contributed by atoms with Crippen LogP contribution in [0.5, 0.6) is 0 Å². The fourth-order valence-corrected chi connectivity index (χ4v) is 2.69. The number of nitrogens with zero attached hydrogens (tertiary/aromatic N) is 4. The second kappa shape index (κ2) is 6.77. The topological polar surface area (TPSA) is 116 Å². The average Bonchev–Trinajstić information content (AvgIpc) is 3.22. The summed E-state index contributed by atoms with van der Waals surface area (Å²) in [7, 11) is 0. The second-order valence-corrected chi connectivity index (χ2v) is 5.72. The van der Waals surface area contributed by atoms with Crippen molar-refractivity contribution in [3.63, 3.8) is 0 Å². The molecule has 0 unspecified atom stereocenters. The van der Waals surface area contributed by atoms with Crippen LogP contribution in [0.4, 0.5) is 5.69 Å². The highest BCUT2D eigenvalue weighted by Gasteiger charge is 2.20. The van der Waals surface area contributed by atoms with Crippen LogP contribution in [0.3, 0.4) is 0 Å². The number of nitrogens with one attached hydrogen (secondary N) is 1. The Balaban J connectivity index is 1.88. The minimum absolute atomic E-state index is 0.0216. The van der Waals surface area contributed by atoms with Crippen molar-refractivity contribution >= 4 is 23.4 Å². The smallest absolute Gasteiger partial charge is 0.305 e. The summed E-state index contributed by atoms with van der Waals surface area (Å²) in [4.78, 5) is 23.0. The molecule has 9 nitrogen and oxygen atoms in total. The molecule has 0 spiro atoms. The number of nitro benzene ring substituents is 1. The van der Waals surface area contributed by atoms with Crippen molar-refractivity contribution in [3.05, 3.63) is 58.1 Å². The molecule has 1 N–H and O–H groups in total. The molecule has 25 heavy (non-hydrogen) atoms. The van der Waals surface area contributed by atoms with E-state index in [1.165, 1.54) is 34.6 Å². The highest BCUT2D eigenvalue weighted by atomic mass is 32.2. The average molecular weight is 359 g/mol. The van der Waals surface area contributed by atoms with E-state index < -0.39 is 10.8 Å². The summed E-state index contributed by atoms with van der Waals surface area (Å²) < 4.78 is 6.95. The van der Waals surface area contributed by atoms with Crippen LogP contribution in [0.1, 0.15) is 16.4 Å². The molecule has 2 aromatic heterocycles. The molecule has 1 aromatic carbocycles. The van der Waals surface area contributed by atoms with Gasteiger partial charge >= 0.3 is 5.91 Å². The summed E-state index contributed by atoms with van der Waals surface area (Å²) >= 11 is 1.33. The van der Waals surface area contributed by atoms with Gasteiger partial charge in [-0.15, -0.1) is 10.2 Å². The van der Waals surface area contributed by atoms with Crippen LogP contribution in [0, 0.1) is 17.0 Å². The van der Waals surface area contributed by atoms with Gasteiger partial charge in [-0.2, -0.15) is 0 Å². The van der Waals surface area contributed by atoms with Crippen molar-refractivity contribution in [2.75, 3.05) is 11.7 Å². The van der Waals surface area contributed by atoms with Crippen LogP contribution in [0.2, 0.25) is 0 Å². The number of aryl methyl sites for hydroxylation is 1. The normalized spacial score (nSPS) is 10.6. The lowest BCUT2D eigenvalue weighted by Crippen LogP contribution is -2.24. The Hall–Kier alpha value is -3.14. The van der Waals surface area contributed by atoms with E-state index >= 15 is 0 Å². The van der Waals surface area contributed by atoms with Gasteiger partial charge in [-0.05, 0) is 31.4 Å². The number of amides is 1. The lowest BCUT2D eigenvalue weighted by molar-refractivity contribution is -0.384. The number of benzene rings is 1. The molecule has 0 aliphatic carbocycles. The molecule has 10 heteroatoms. The Bertz CT molecular complexity index is 949. The van der Waals surface area contributed by atoms with E-state index in [-0.39, 0.29) is 17.2 Å². The zero-order valence-electron chi connectivity index (χ0n) is 13.3. The van der Waals surface area contributed by atoms with E-state index in [9.17, 15) is 14.9 Å². The molecule has 1 amide bonds. The van der Waals surface area contributed by atoms with Crippen LogP contribution in [-0.4, -0.2) is 32.0 Å². The maximum Gasteiger partial charge on any atom is 0.305 e. The van der Waals surface area contributed by atoms with Crippen LogP contribution in [0.25, 0.3) is 11.3 Å². The lowest BCUT2D eigenvalue weighted by Gasteiger charge is -2.07. The largest absolute Gasteiger partial charge is 0.451 e. The molecule has 0 bridgehead atoms. The summed E-state index contributed by atoms with van der Waals surface area (Å²) in [6.07, 6.45) is 1.81. The maximum atomic E-state index is 12.4. The molecule has 0 atom stereocenters. The third-order valence-corrected chi connectivity index (χ3v) is 4.02. The van der Waals surface area contributed by atoms with E-state index in [2.05, 4.69) is 15.6 Å². The van der Waals surface area contributed by atoms with Crippen molar-refractivity contribution in [2.24, 2.45) is 0 Å². The van der Waals surface area contributed by atoms with Gasteiger partial charge in [0.2, 0.25) is 5.16 Å². The van der Waals surface area contributed by atoms with Crippen molar-refractivity contribution in [3.8, 4) is 11.3 Å². The molecule has 3 rings (SSSR count). The summed E-state index contributed by atoms with van der Waals surface area (Å²) in [6, 6.07) is 9.15. The first-order chi connectivity index (χ1) is 12.0. The molecular formula is C15H13N5O4S. The first-order valence-electron chi connectivity index (χ1n) is 7.12. The Morgan fingerprint density at radius 1 is 1.28 bits per heavy atom. The molecule has 0 aliphatic rings. The molecule has 0 aliphatic heterocycles. The molecule has 3 aromatic rings. The number of furan rings is 1. The Morgan fingerprint density at radius 3 is 2.76 bits per heavy atom. The Morgan fingerprint density at radius 2 is 2.04 bits per heavy atom. The zero-order valence-corrected chi connectivity index (χ0v) is 14.1. The number of thioether (sulfide) groups is 1. The highest BCUT2D eigenvalue weighted by Crippen LogP contribution is 2.30.